The first-order chi connectivity index (χ1) is 6.38. The van der Waals surface area contributed by atoms with Crippen molar-refractivity contribution in [3.8, 4) is 5.75 Å². The standard InChI is InChI=1S/C8H10O5S/c9-7-3-1-6(2-4-7)8(10)5-14(11,12)13/h1-4,8-10H,5H2,(H,11,12,13). The molecule has 0 aliphatic carbocycles. The number of aliphatic hydroxyl groups is 1. The molecule has 0 radical (unpaired) electrons. The van der Waals surface area contributed by atoms with Gasteiger partial charge in [0.2, 0.25) is 0 Å². The van der Waals surface area contributed by atoms with Gasteiger partial charge in [-0.2, -0.15) is 8.42 Å². The van der Waals surface area contributed by atoms with Crippen LogP contribution in [0.3, 0.4) is 0 Å². The van der Waals surface area contributed by atoms with E-state index in [-0.39, 0.29) is 5.75 Å². The van der Waals surface area contributed by atoms with Gasteiger partial charge in [0, 0.05) is 0 Å². The summed E-state index contributed by atoms with van der Waals surface area (Å²) in [7, 11) is -4.19. The summed E-state index contributed by atoms with van der Waals surface area (Å²) in [6, 6.07) is 5.40. The Morgan fingerprint density at radius 3 is 2.14 bits per heavy atom. The Hall–Kier alpha value is -1.11. The van der Waals surface area contributed by atoms with Crippen molar-refractivity contribution in [1.82, 2.24) is 0 Å². The highest BCUT2D eigenvalue weighted by molar-refractivity contribution is 7.85. The van der Waals surface area contributed by atoms with Gasteiger partial charge in [-0.25, -0.2) is 0 Å². The predicted octanol–water partition coefficient (Wildman–Crippen LogP) is 0.313. The highest BCUT2D eigenvalue weighted by atomic mass is 32.2. The van der Waals surface area contributed by atoms with Crippen LogP contribution in [0.25, 0.3) is 0 Å². The molecule has 1 unspecified atom stereocenters. The zero-order valence-corrected chi connectivity index (χ0v) is 7.98. The summed E-state index contributed by atoms with van der Waals surface area (Å²) in [5, 5.41) is 18.2. The van der Waals surface area contributed by atoms with E-state index < -0.39 is 22.0 Å². The van der Waals surface area contributed by atoms with Gasteiger partial charge in [-0.1, -0.05) is 12.1 Å². The van der Waals surface area contributed by atoms with E-state index in [0.717, 1.165) is 0 Å². The molecule has 6 heteroatoms. The summed E-state index contributed by atoms with van der Waals surface area (Å²) in [6.45, 7) is 0. The van der Waals surface area contributed by atoms with E-state index in [1.807, 2.05) is 0 Å². The van der Waals surface area contributed by atoms with E-state index in [1.54, 1.807) is 0 Å². The van der Waals surface area contributed by atoms with Crippen LogP contribution in [0, 0.1) is 0 Å². The summed E-state index contributed by atoms with van der Waals surface area (Å²) < 4.78 is 29.3. The van der Waals surface area contributed by atoms with E-state index in [2.05, 4.69) is 0 Å². The fourth-order valence-corrected chi connectivity index (χ4v) is 1.58. The van der Waals surface area contributed by atoms with Gasteiger partial charge < -0.3 is 10.2 Å². The van der Waals surface area contributed by atoms with Gasteiger partial charge in [0.25, 0.3) is 10.1 Å². The van der Waals surface area contributed by atoms with Gasteiger partial charge in [0.15, 0.2) is 0 Å². The fourth-order valence-electron chi connectivity index (χ4n) is 0.992. The quantitative estimate of drug-likeness (QED) is 0.635. The van der Waals surface area contributed by atoms with Crippen molar-refractivity contribution in [3.63, 3.8) is 0 Å². The molecule has 78 valence electrons. The number of benzene rings is 1. The molecular weight excluding hydrogens is 208 g/mol. The molecule has 0 aromatic heterocycles. The van der Waals surface area contributed by atoms with Crippen LogP contribution in [0.5, 0.6) is 5.75 Å². The number of hydrogen-bond acceptors (Lipinski definition) is 4. The van der Waals surface area contributed by atoms with Crippen LogP contribution in [0.2, 0.25) is 0 Å². The molecule has 14 heavy (non-hydrogen) atoms. The molecule has 5 nitrogen and oxygen atoms in total. The average Bonchev–Trinajstić information content (AvgIpc) is 2.02. The summed E-state index contributed by atoms with van der Waals surface area (Å²) in [5.74, 6) is -0.731. The Morgan fingerprint density at radius 1 is 1.21 bits per heavy atom. The second-order valence-corrected chi connectivity index (χ2v) is 4.35. The first kappa shape index (κ1) is 11.0. The third kappa shape index (κ3) is 3.33. The Morgan fingerprint density at radius 2 is 1.71 bits per heavy atom. The first-order valence-electron chi connectivity index (χ1n) is 3.80. The Labute approximate surface area is 81.4 Å². The summed E-state index contributed by atoms with van der Waals surface area (Å²) in [4.78, 5) is 0. The van der Waals surface area contributed by atoms with Crippen LogP contribution >= 0.6 is 0 Å². The van der Waals surface area contributed by atoms with Gasteiger partial charge in [0.1, 0.15) is 11.5 Å². The zero-order valence-electron chi connectivity index (χ0n) is 7.16. The Kier molecular flexibility index (Phi) is 3.10. The van der Waals surface area contributed by atoms with Crippen molar-refractivity contribution in [1.29, 1.82) is 0 Å². The second-order valence-electron chi connectivity index (χ2n) is 2.86. The monoisotopic (exact) mass is 218 g/mol. The molecule has 0 aliphatic rings. The van der Waals surface area contributed by atoms with Crippen molar-refractivity contribution in [3.05, 3.63) is 29.8 Å². The third-order valence-corrected chi connectivity index (χ3v) is 2.38. The van der Waals surface area contributed by atoms with Crippen LogP contribution < -0.4 is 0 Å². The van der Waals surface area contributed by atoms with Crippen LogP contribution in [0.4, 0.5) is 0 Å². The van der Waals surface area contributed by atoms with Gasteiger partial charge in [-0.05, 0) is 17.7 Å². The summed E-state index contributed by atoms with van der Waals surface area (Å²) in [5.41, 5.74) is 0.320. The maximum absolute atomic E-state index is 10.4. The van der Waals surface area contributed by atoms with Crippen molar-refractivity contribution < 1.29 is 23.2 Å². The van der Waals surface area contributed by atoms with E-state index in [0.29, 0.717) is 5.56 Å². The van der Waals surface area contributed by atoms with E-state index in [4.69, 9.17) is 9.66 Å². The minimum atomic E-state index is -4.19. The zero-order chi connectivity index (χ0) is 10.8. The first-order valence-corrected chi connectivity index (χ1v) is 5.41. The van der Waals surface area contributed by atoms with E-state index in [1.165, 1.54) is 24.3 Å². The lowest BCUT2D eigenvalue weighted by molar-refractivity contribution is 0.199. The maximum Gasteiger partial charge on any atom is 0.267 e. The molecule has 0 spiro atoms. The molecule has 1 atom stereocenters. The van der Waals surface area contributed by atoms with Crippen LogP contribution in [0.15, 0.2) is 24.3 Å². The normalized spacial score (nSPS) is 13.9. The molecule has 1 aromatic rings. The molecule has 0 amide bonds. The lowest BCUT2D eigenvalue weighted by atomic mass is 10.1. The average molecular weight is 218 g/mol. The molecular formula is C8H10O5S. The fraction of sp³-hybridized carbons (Fsp3) is 0.250. The summed E-state index contributed by atoms with van der Waals surface area (Å²) in [6.07, 6.45) is -1.29. The second kappa shape index (κ2) is 3.95. The van der Waals surface area contributed by atoms with Gasteiger partial charge in [-0.3, -0.25) is 4.55 Å². The predicted molar refractivity (Wildman–Crippen MR) is 49.5 cm³/mol. The van der Waals surface area contributed by atoms with E-state index >= 15 is 0 Å². The number of aliphatic hydroxyl groups excluding tert-OH is 1. The smallest absolute Gasteiger partial charge is 0.267 e. The van der Waals surface area contributed by atoms with Crippen molar-refractivity contribution >= 4 is 10.1 Å². The minimum Gasteiger partial charge on any atom is -0.508 e. The van der Waals surface area contributed by atoms with Crippen LogP contribution in [-0.4, -0.2) is 28.9 Å². The molecule has 3 N–H and O–H groups in total. The number of aromatic hydroxyl groups is 1. The van der Waals surface area contributed by atoms with Crippen molar-refractivity contribution in [2.24, 2.45) is 0 Å². The van der Waals surface area contributed by atoms with Gasteiger partial charge in [0.05, 0.1) is 6.10 Å². The van der Waals surface area contributed by atoms with Gasteiger partial charge in [-0.15, -0.1) is 0 Å². The highest BCUT2D eigenvalue weighted by Crippen LogP contribution is 2.17. The van der Waals surface area contributed by atoms with E-state index in [9.17, 15) is 13.5 Å². The molecule has 0 bridgehead atoms. The molecule has 0 fully saturated rings. The number of rotatable bonds is 3. The summed E-state index contributed by atoms with van der Waals surface area (Å²) >= 11 is 0. The molecule has 0 heterocycles. The number of hydrogen-bond donors (Lipinski definition) is 3. The van der Waals surface area contributed by atoms with Crippen molar-refractivity contribution in [2.45, 2.75) is 6.10 Å². The number of phenolic OH excluding ortho intramolecular Hbond substituents is 1. The van der Waals surface area contributed by atoms with Crippen LogP contribution in [0.1, 0.15) is 11.7 Å². The molecule has 0 saturated heterocycles. The lowest BCUT2D eigenvalue weighted by Crippen LogP contribution is -2.13. The SMILES string of the molecule is O=S(=O)(O)CC(O)c1ccc(O)cc1. The lowest BCUT2D eigenvalue weighted by Gasteiger charge is -2.08. The molecule has 0 saturated carbocycles. The third-order valence-electron chi connectivity index (χ3n) is 1.65. The topological polar surface area (TPSA) is 94.8 Å². The van der Waals surface area contributed by atoms with Crippen LogP contribution in [-0.2, 0) is 10.1 Å². The highest BCUT2D eigenvalue weighted by Gasteiger charge is 2.15. The molecule has 1 rings (SSSR count). The Bertz CT molecular complexity index is 394. The maximum atomic E-state index is 10.4. The minimum absolute atomic E-state index is 0.0211. The molecule has 1 aromatic carbocycles. The number of phenols is 1. The van der Waals surface area contributed by atoms with Crippen molar-refractivity contribution in [2.75, 3.05) is 5.75 Å². The molecule has 0 aliphatic heterocycles. The largest absolute Gasteiger partial charge is 0.508 e. The Balaban J connectivity index is 2.80. The van der Waals surface area contributed by atoms with Gasteiger partial charge >= 0.3 is 0 Å².